The summed E-state index contributed by atoms with van der Waals surface area (Å²) in [5.74, 6) is -0.185. The maximum atomic E-state index is 12.8. The fourth-order valence-electron chi connectivity index (χ4n) is 4.51. The van der Waals surface area contributed by atoms with Gasteiger partial charge in [-0.2, -0.15) is 0 Å². The number of benzene rings is 3. The van der Waals surface area contributed by atoms with Gasteiger partial charge in [0.25, 0.3) is 0 Å². The number of thiocarbonyl (C=S) groups is 1. The van der Waals surface area contributed by atoms with Crippen LogP contribution in [0.15, 0.2) is 103 Å². The average molecular weight is 606 g/mol. The van der Waals surface area contributed by atoms with Crippen molar-refractivity contribution in [2.75, 3.05) is 18.0 Å². The molecule has 3 aromatic rings. The monoisotopic (exact) mass is 605 g/mol. The van der Waals surface area contributed by atoms with E-state index in [0.29, 0.717) is 0 Å². The molecule has 1 unspecified atom stereocenters. The molecule has 0 aliphatic heterocycles. The van der Waals surface area contributed by atoms with Gasteiger partial charge in [0.15, 0.2) is 0 Å². The van der Waals surface area contributed by atoms with E-state index >= 15 is 0 Å². The van der Waals surface area contributed by atoms with Crippen molar-refractivity contribution in [1.29, 1.82) is 0 Å². The molecule has 0 fully saturated rings. The lowest BCUT2D eigenvalue weighted by atomic mass is 9.80. The second-order valence-corrected chi connectivity index (χ2v) is 10.6. The Morgan fingerprint density at radius 1 is 1.00 bits per heavy atom. The molecule has 0 heterocycles. The minimum Gasteiger partial charge on any atom is -0.396 e. The van der Waals surface area contributed by atoms with Crippen LogP contribution in [0.25, 0.3) is 0 Å². The van der Waals surface area contributed by atoms with Crippen LogP contribution in [0.4, 0.5) is 10.1 Å². The molecule has 43 heavy (non-hydrogen) atoms. The van der Waals surface area contributed by atoms with Gasteiger partial charge in [-0.05, 0) is 81.8 Å². The van der Waals surface area contributed by atoms with Gasteiger partial charge in [-0.1, -0.05) is 125 Å². The first-order valence-electron chi connectivity index (χ1n) is 15.6. The molecule has 0 bridgehead atoms. The van der Waals surface area contributed by atoms with Crippen molar-refractivity contribution >= 4 is 23.4 Å². The summed E-state index contributed by atoms with van der Waals surface area (Å²) in [5, 5.41) is 3.38. The fraction of sp³-hybridized carbons (Fsp3) is 0.395. The molecule has 0 saturated carbocycles. The first-order chi connectivity index (χ1) is 20.7. The molecule has 0 aromatic heterocycles. The number of rotatable bonds is 10. The molecule has 236 valence electrons. The zero-order valence-corrected chi connectivity index (χ0v) is 28.5. The number of hydrogen-bond acceptors (Lipinski definition) is 3. The summed E-state index contributed by atoms with van der Waals surface area (Å²) in [6.07, 6.45) is 9.77. The van der Waals surface area contributed by atoms with E-state index < -0.39 is 0 Å². The summed E-state index contributed by atoms with van der Waals surface area (Å²) < 4.78 is 12.8. The van der Waals surface area contributed by atoms with Crippen LogP contribution in [0, 0.1) is 12.7 Å². The van der Waals surface area contributed by atoms with Crippen molar-refractivity contribution in [1.82, 2.24) is 5.32 Å². The Morgan fingerprint density at radius 2 is 1.58 bits per heavy atom. The predicted molar refractivity (Wildman–Crippen MR) is 194 cm³/mol. The van der Waals surface area contributed by atoms with Crippen LogP contribution in [-0.2, 0) is 12.8 Å². The molecule has 0 spiro atoms. The second kappa shape index (κ2) is 24.0. The zero-order chi connectivity index (χ0) is 32.5. The highest BCUT2D eigenvalue weighted by atomic mass is 32.1. The quantitative estimate of drug-likeness (QED) is 0.178. The number of allylic oxidation sites excluding steroid dienone is 1. The summed E-state index contributed by atoms with van der Waals surface area (Å²) in [6.45, 7) is 20.6. The van der Waals surface area contributed by atoms with E-state index in [-0.39, 0.29) is 11.4 Å². The fourth-order valence-corrected chi connectivity index (χ4v) is 4.51. The van der Waals surface area contributed by atoms with Crippen LogP contribution in [0.3, 0.4) is 0 Å². The van der Waals surface area contributed by atoms with Gasteiger partial charge in [-0.15, -0.1) is 0 Å². The van der Waals surface area contributed by atoms with Gasteiger partial charge in [0.2, 0.25) is 0 Å². The van der Waals surface area contributed by atoms with Crippen molar-refractivity contribution in [3.63, 3.8) is 0 Å². The molecule has 1 aliphatic rings. The van der Waals surface area contributed by atoms with Gasteiger partial charge >= 0.3 is 0 Å². The van der Waals surface area contributed by atoms with Crippen LogP contribution in [0.2, 0.25) is 0 Å². The highest BCUT2D eigenvalue weighted by Gasteiger charge is 2.31. The van der Waals surface area contributed by atoms with E-state index in [1.165, 1.54) is 41.8 Å². The number of anilines is 1. The topological polar surface area (TPSA) is 41.3 Å². The van der Waals surface area contributed by atoms with E-state index in [1.807, 2.05) is 32.9 Å². The summed E-state index contributed by atoms with van der Waals surface area (Å²) in [7, 11) is 0. The van der Waals surface area contributed by atoms with E-state index in [9.17, 15) is 4.39 Å². The SMILES string of the molecule is C=C(C)NC1(Cc2ccc(F)cc2)C=CC1.CC.CCC.CCN(CCCc1cccc(C)c1)c1ccccc1.NC=S. The lowest BCUT2D eigenvalue weighted by molar-refractivity contribution is 0.408. The first kappa shape index (κ1) is 39.6. The highest BCUT2D eigenvalue weighted by Crippen LogP contribution is 2.28. The molecule has 5 heteroatoms. The number of nitrogens with zero attached hydrogens (tertiary/aromatic N) is 1. The van der Waals surface area contributed by atoms with Crippen molar-refractivity contribution in [3.05, 3.63) is 126 Å². The van der Waals surface area contributed by atoms with E-state index in [0.717, 1.165) is 49.1 Å². The van der Waals surface area contributed by atoms with Crippen molar-refractivity contribution in [2.45, 2.75) is 86.1 Å². The average Bonchev–Trinajstić information content (AvgIpc) is 2.98. The molecule has 0 saturated heterocycles. The third kappa shape index (κ3) is 17.3. The summed E-state index contributed by atoms with van der Waals surface area (Å²) in [4.78, 5) is 2.44. The largest absolute Gasteiger partial charge is 0.396 e. The van der Waals surface area contributed by atoms with Crippen LogP contribution in [-0.4, -0.2) is 24.1 Å². The second-order valence-electron chi connectivity index (χ2n) is 10.3. The van der Waals surface area contributed by atoms with E-state index in [2.05, 4.69) is 129 Å². The Morgan fingerprint density at radius 3 is 2.05 bits per heavy atom. The highest BCUT2D eigenvalue weighted by molar-refractivity contribution is 7.78. The molecule has 3 N–H and O–H groups in total. The molecular formula is C38H56FN3S. The number of nitrogens with two attached hydrogens (primary N) is 1. The van der Waals surface area contributed by atoms with Gasteiger partial charge in [0, 0.05) is 24.5 Å². The van der Waals surface area contributed by atoms with Crippen LogP contribution < -0.4 is 16.0 Å². The Balaban J connectivity index is 0.000000667. The van der Waals surface area contributed by atoms with Crippen molar-refractivity contribution < 1.29 is 4.39 Å². The number of halogens is 1. The Kier molecular flexibility index (Phi) is 22.1. The maximum Gasteiger partial charge on any atom is 0.123 e. The molecular weight excluding hydrogens is 550 g/mol. The normalized spacial score (nSPS) is 13.9. The molecule has 0 amide bonds. The minimum absolute atomic E-state index is 0.0103. The molecule has 0 radical (unpaired) electrons. The van der Waals surface area contributed by atoms with Crippen LogP contribution in [0.1, 0.15) is 77.5 Å². The zero-order valence-electron chi connectivity index (χ0n) is 27.7. The Hall–Kier alpha value is -3.44. The molecule has 1 aliphatic carbocycles. The van der Waals surface area contributed by atoms with Crippen molar-refractivity contribution in [2.24, 2.45) is 5.73 Å². The molecule has 1 atom stereocenters. The maximum absolute atomic E-state index is 12.8. The van der Waals surface area contributed by atoms with Gasteiger partial charge in [0.05, 0.1) is 11.0 Å². The van der Waals surface area contributed by atoms with Gasteiger partial charge in [0.1, 0.15) is 5.82 Å². The van der Waals surface area contributed by atoms with E-state index in [4.69, 9.17) is 0 Å². The first-order valence-corrected chi connectivity index (χ1v) is 16.1. The Bertz CT molecular complexity index is 1160. The standard InChI is InChI=1S/C18H23N.C14H16FN.C3H8.C2H6.CH3NS/c1-3-19(18-12-5-4-6-13-18)14-8-11-17-10-7-9-16(2)15-17;1-11(2)16-14(8-3-9-14)10-12-4-6-13(15)7-5-12;1-3-2;1-2;2-1-3/h4-7,9-10,12-13,15H,3,8,11,14H2,1-2H3;3-8,16H,1,9-10H2,2H3;3H2,1-2H3;1-2H3;1H,(H2,2,3). The van der Waals surface area contributed by atoms with E-state index in [1.54, 1.807) is 0 Å². The smallest absolute Gasteiger partial charge is 0.123 e. The lowest BCUT2D eigenvalue weighted by Crippen LogP contribution is -2.47. The summed E-state index contributed by atoms with van der Waals surface area (Å²) >= 11 is 4.05. The molecule has 3 nitrogen and oxygen atoms in total. The third-order valence-corrected chi connectivity index (χ3v) is 6.29. The number of hydrogen-bond donors (Lipinski definition) is 2. The third-order valence-electron chi connectivity index (χ3n) is 6.29. The number of para-hydroxylation sites is 1. The number of nitrogens with one attached hydrogen (secondary N) is 1. The van der Waals surface area contributed by atoms with Gasteiger partial charge < -0.3 is 16.0 Å². The summed E-state index contributed by atoms with van der Waals surface area (Å²) in [5.41, 5.74) is 11.8. The van der Waals surface area contributed by atoms with Crippen LogP contribution >= 0.6 is 12.2 Å². The van der Waals surface area contributed by atoms with Gasteiger partial charge in [-0.3, -0.25) is 0 Å². The van der Waals surface area contributed by atoms with Crippen LogP contribution in [0.5, 0.6) is 0 Å². The molecule has 4 rings (SSSR count). The summed E-state index contributed by atoms with van der Waals surface area (Å²) in [6, 6.07) is 26.2. The van der Waals surface area contributed by atoms with Gasteiger partial charge in [-0.25, -0.2) is 4.39 Å². The Labute approximate surface area is 268 Å². The van der Waals surface area contributed by atoms with Crippen molar-refractivity contribution in [3.8, 4) is 0 Å². The lowest BCUT2D eigenvalue weighted by Gasteiger charge is -2.38. The molecule has 3 aromatic carbocycles. The predicted octanol–water partition coefficient (Wildman–Crippen LogP) is 9.99. The number of aryl methyl sites for hydroxylation is 2. The minimum atomic E-state index is -0.185.